The maximum absolute atomic E-state index is 12.9. The van der Waals surface area contributed by atoms with Crippen LogP contribution in [0.2, 0.25) is 0 Å². The van der Waals surface area contributed by atoms with Gasteiger partial charge in [0.15, 0.2) is 9.84 Å². The van der Waals surface area contributed by atoms with Gasteiger partial charge in [-0.05, 0) is 43.4 Å². The molecule has 1 fully saturated rings. The fourth-order valence-corrected chi connectivity index (χ4v) is 5.86. The summed E-state index contributed by atoms with van der Waals surface area (Å²) >= 11 is 0. The number of sulfone groups is 1. The molecule has 2 unspecified atom stereocenters. The van der Waals surface area contributed by atoms with Crippen LogP contribution >= 0.6 is 0 Å². The van der Waals surface area contributed by atoms with E-state index in [0.29, 0.717) is 12.0 Å². The molecule has 0 spiro atoms. The molecule has 0 heterocycles. The fourth-order valence-electron chi connectivity index (χ4n) is 3.33. The van der Waals surface area contributed by atoms with E-state index in [4.69, 9.17) is 5.73 Å². The molecule has 1 aliphatic carbocycles. The average molecular weight is 375 g/mol. The van der Waals surface area contributed by atoms with Crippen LogP contribution in [-0.4, -0.2) is 35.2 Å². The second-order valence-electron chi connectivity index (χ2n) is 6.81. The number of rotatable bonds is 5. The van der Waals surface area contributed by atoms with Crippen LogP contribution in [0.1, 0.15) is 38.2 Å². The van der Waals surface area contributed by atoms with Crippen LogP contribution in [0.15, 0.2) is 28.0 Å². The van der Waals surface area contributed by atoms with Crippen LogP contribution in [0.4, 0.5) is 0 Å². The van der Waals surface area contributed by atoms with Crippen molar-refractivity contribution in [3.8, 4) is 0 Å². The molecule has 8 heteroatoms. The molecule has 1 aromatic carbocycles. The van der Waals surface area contributed by atoms with Crippen molar-refractivity contribution in [3.63, 3.8) is 0 Å². The topological polar surface area (TPSA) is 106 Å². The van der Waals surface area contributed by atoms with Crippen molar-refractivity contribution in [1.82, 2.24) is 4.72 Å². The number of nitrogens with one attached hydrogen (secondary N) is 1. The summed E-state index contributed by atoms with van der Waals surface area (Å²) in [5.74, 6) is 0.129. The molecule has 136 valence electrons. The van der Waals surface area contributed by atoms with E-state index in [2.05, 4.69) is 4.72 Å². The second-order valence-corrected chi connectivity index (χ2v) is 10.5. The molecule has 0 radical (unpaired) electrons. The van der Waals surface area contributed by atoms with Crippen LogP contribution in [-0.2, 0) is 19.9 Å². The van der Waals surface area contributed by atoms with Crippen LogP contribution in [0, 0.1) is 12.8 Å². The van der Waals surface area contributed by atoms with Gasteiger partial charge >= 0.3 is 0 Å². The Balaban J connectivity index is 2.47. The highest BCUT2D eigenvalue weighted by Gasteiger charge is 2.41. The van der Waals surface area contributed by atoms with Crippen molar-refractivity contribution >= 4 is 19.9 Å². The van der Waals surface area contributed by atoms with E-state index in [1.54, 1.807) is 6.92 Å². The third kappa shape index (κ3) is 3.82. The van der Waals surface area contributed by atoms with Crippen molar-refractivity contribution in [3.05, 3.63) is 23.8 Å². The van der Waals surface area contributed by atoms with Crippen LogP contribution in [0.5, 0.6) is 0 Å². The van der Waals surface area contributed by atoms with Crippen molar-refractivity contribution in [2.75, 3.05) is 12.8 Å². The predicted molar refractivity (Wildman–Crippen MR) is 94.0 cm³/mol. The summed E-state index contributed by atoms with van der Waals surface area (Å²) in [4.78, 5) is -0.0111. The quantitative estimate of drug-likeness (QED) is 0.814. The summed E-state index contributed by atoms with van der Waals surface area (Å²) in [5.41, 5.74) is 5.76. The lowest BCUT2D eigenvalue weighted by Crippen LogP contribution is -2.59. The van der Waals surface area contributed by atoms with Crippen molar-refractivity contribution in [2.24, 2.45) is 11.7 Å². The Labute approximate surface area is 144 Å². The Kier molecular flexibility index (Phi) is 5.44. The molecule has 3 N–H and O–H groups in total. The Morgan fingerprint density at radius 1 is 1.25 bits per heavy atom. The zero-order valence-electron chi connectivity index (χ0n) is 14.4. The first-order chi connectivity index (χ1) is 11.0. The minimum absolute atomic E-state index is 0.00368. The largest absolute Gasteiger partial charge is 0.329 e. The van der Waals surface area contributed by atoms with Crippen LogP contribution < -0.4 is 10.5 Å². The van der Waals surface area contributed by atoms with E-state index in [9.17, 15) is 16.8 Å². The SMILES string of the molecule is Cc1ccc(S(C)(=O)=O)cc1S(=O)(=O)NC1(CN)CCCCC1C. The number of hydrogen-bond donors (Lipinski definition) is 2. The molecule has 2 rings (SSSR count). The molecule has 24 heavy (non-hydrogen) atoms. The zero-order valence-corrected chi connectivity index (χ0v) is 16.0. The Morgan fingerprint density at radius 2 is 1.92 bits per heavy atom. The minimum Gasteiger partial charge on any atom is -0.329 e. The number of nitrogens with two attached hydrogens (primary N) is 1. The van der Waals surface area contributed by atoms with E-state index in [0.717, 1.165) is 25.5 Å². The van der Waals surface area contributed by atoms with Gasteiger partial charge in [-0.3, -0.25) is 0 Å². The van der Waals surface area contributed by atoms with Gasteiger partial charge in [0.05, 0.1) is 9.79 Å². The smallest absolute Gasteiger partial charge is 0.241 e. The molecule has 0 saturated heterocycles. The Morgan fingerprint density at radius 3 is 2.46 bits per heavy atom. The molecule has 1 aliphatic rings. The molecule has 1 aromatic rings. The molecule has 0 aliphatic heterocycles. The van der Waals surface area contributed by atoms with E-state index in [1.807, 2.05) is 6.92 Å². The average Bonchev–Trinajstić information content (AvgIpc) is 2.48. The van der Waals surface area contributed by atoms with Crippen LogP contribution in [0.3, 0.4) is 0 Å². The zero-order chi connectivity index (χ0) is 18.2. The molecule has 0 bridgehead atoms. The first kappa shape index (κ1) is 19.4. The summed E-state index contributed by atoms with van der Waals surface area (Å²) in [6.07, 6.45) is 4.66. The molecular formula is C16H26N2O4S2. The monoisotopic (exact) mass is 374 g/mol. The van der Waals surface area contributed by atoms with Gasteiger partial charge in [-0.15, -0.1) is 0 Å². The minimum atomic E-state index is -3.87. The summed E-state index contributed by atoms with van der Waals surface area (Å²) in [7, 11) is -7.36. The summed E-state index contributed by atoms with van der Waals surface area (Å²) < 4.78 is 52.2. The van der Waals surface area contributed by atoms with Gasteiger partial charge in [-0.25, -0.2) is 21.6 Å². The first-order valence-corrected chi connectivity index (χ1v) is 11.4. The summed E-state index contributed by atoms with van der Waals surface area (Å²) in [5, 5.41) is 0. The predicted octanol–water partition coefficient (Wildman–Crippen LogP) is 1.58. The van der Waals surface area contributed by atoms with Gasteiger partial charge in [0.1, 0.15) is 0 Å². The van der Waals surface area contributed by atoms with E-state index < -0.39 is 25.4 Å². The Hall–Kier alpha value is -0.960. The Bertz CT molecular complexity index is 818. The maximum atomic E-state index is 12.9. The highest BCUT2D eigenvalue weighted by atomic mass is 32.2. The van der Waals surface area contributed by atoms with Crippen molar-refractivity contribution < 1.29 is 16.8 Å². The van der Waals surface area contributed by atoms with E-state index in [-0.39, 0.29) is 22.3 Å². The fraction of sp³-hybridized carbons (Fsp3) is 0.625. The van der Waals surface area contributed by atoms with Crippen molar-refractivity contribution in [2.45, 2.75) is 54.9 Å². The van der Waals surface area contributed by atoms with Gasteiger partial charge in [-0.2, -0.15) is 0 Å². The molecule has 6 nitrogen and oxygen atoms in total. The molecule has 1 saturated carbocycles. The van der Waals surface area contributed by atoms with Gasteiger partial charge in [0.2, 0.25) is 10.0 Å². The van der Waals surface area contributed by atoms with Crippen LogP contribution in [0.25, 0.3) is 0 Å². The molecular weight excluding hydrogens is 348 g/mol. The number of hydrogen-bond acceptors (Lipinski definition) is 5. The number of benzene rings is 1. The number of sulfonamides is 1. The maximum Gasteiger partial charge on any atom is 0.241 e. The van der Waals surface area contributed by atoms with Gasteiger partial charge < -0.3 is 5.73 Å². The number of aryl methyl sites for hydroxylation is 1. The third-order valence-electron chi connectivity index (χ3n) is 5.03. The standard InChI is InChI=1S/C16H26N2O4S2/c1-12-7-8-14(23(3,19)20)10-15(12)24(21,22)18-16(11-17)9-5-4-6-13(16)2/h7-8,10,13,18H,4-6,9,11,17H2,1-3H3. The highest BCUT2D eigenvalue weighted by Crippen LogP contribution is 2.34. The van der Waals surface area contributed by atoms with E-state index in [1.165, 1.54) is 18.2 Å². The lowest BCUT2D eigenvalue weighted by Gasteiger charge is -2.42. The highest BCUT2D eigenvalue weighted by molar-refractivity contribution is 7.91. The molecule has 2 atom stereocenters. The lowest BCUT2D eigenvalue weighted by molar-refractivity contribution is 0.191. The normalized spacial score (nSPS) is 25.6. The van der Waals surface area contributed by atoms with Crippen molar-refractivity contribution in [1.29, 1.82) is 0 Å². The molecule has 0 amide bonds. The van der Waals surface area contributed by atoms with Gasteiger partial charge in [0.25, 0.3) is 0 Å². The van der Waals surface area contributed by atoms with Gasteiger partial charge in [0, 0.05) is 18.3 Å². The first-order valence-electron chi connectivity index (χ1n) is 8.06. The second kappa shape index (κ2) is 6.74. The van der Waals surface area contributed by atoms with E-state index >= 15 is 0 Å². The van der Waals surface area contributed by atoms with Gasteiger partial charge in [-0.1, -0.05) is 25.8 Å². The lowest BCUT2D eigenvalue weighted by atomic mass is 9.74. The summed E-state index contributed by atoms with van der Waals surface area (Å²) in [6, 6.07) is 4.17. The summed E-state index contributed by atoms with van der Waals surface area (Å²) in [6.45, 7) is 3.88. The third-order valence-corrected chi connectivity index (χ3v) is 7.84. The molecule has 0 aromatic heterocycles.